The Bertz CT molecular complexity index is 503. The van der Waals surface area contributed by atoms with Gasteiger partial charge < -0.3 is 14.8 Å². The van der Waals surface area contributed by atoms with E-state index in [9.17, 15) is 9.59 Å². The lowest BCUT2D eigenvalue weighted by Gasteiger charge is -2.16. The summed E-state index contributed by atoms with van der Waals surface area (Å²) in [6, 6.07) is 8.78. The van der Waals surface area contributed by atoms with Crippen molar-refractivity contribution in [1.82, 2.24) is 5.32 Å². The number of methoxy groups -OCH3 is 1. The number of hydrogen-bond acceptors (Lipinski definition) is 4. The van der Waals surface area contributed by atoms with Crippen LogP contribution < -0.4 is 5.32 Å². The second kappa shape index (κ2) is 7.82. The Labute approximate surface area is 131 Å². The average Bonchev–Trinajstić information content (AvgIpc) is 3.31. The summed E-state index contributed by atoms with van der Waals surface area (Å²) in [4.78, 5) is 23.6. The fourth-order valence-corrected chi connectivity index (χ4v) is 2.67. The maximum atomic E-state index is 11.9. The molecule has 1 saturated carbocycles. The lowest BCUT2D eigenvalue weighted by Crippen LogP contribution is -2.42. The third-order valence-electron chi connectivity index (χ3n) is 4.12. The van der Waals surface area contributed by atoms with E-state index in [4.69, 9.17) is 9.47 Å². The van der Waals surface area contributed by atoms with Crippen molar-refractivity contribution < 1.29 is 19.1 Å². The van der Waals surface area contributed by atoms with Gasteiger partial charge in [-0.3, -0.25) is 0 Å². The van der Waals surface area contributed by atoms with Crippen LogP contribution in [0.3, 0.4) is 0 Å². The van der Waals surface area contributed by atoms with Gasteiger partial charge in [-0.25, -0.2) is 9.59 Å². The van der Waals surface area contributed by atoms with Crippen LogP contribution in [-0.4, -0.2) is 25.2 Å². The van der Waals surface area contributed by atoms with Crippen LogP contribution in [0.15, 0.2) is 30.3 Å². The Morgan fingerprint density at radius 1 is 1.27 bits per heavy atom. The number of carbonyl (C=O) groups is 2. The molecule has 0 spiro atoms. The van der Waals surface area contributed by atoms with Crippen molar-refractivity contribution in [2.45, 2.75) is 38.8 Å². The van der Waals surface area contributed by atoms with E-state index in [1.807, 2.05) is 30.3 Å². The van der Waals surface area contributed by atoms with Gasteiger partial charge in [-0.1, -0.05) is 43.7 Å². The minimum absolute atomic E-state index is 0.182. The molecular weight excluding hydrogens is 282 g/mol. The van der Waals surface area contributed by atoms with Gasteiger partial charge in [-0.05, 0) is 30.2 Å². The molecule has 120 valence electrons. The Balaban J connectivity index is 1.81. The van der Waals surface area contributed by atoms with Crippen LogP contribution in [0.1, 0.15) is 31.7 Å². The standard InChI is InChI=1S/C17H23NO4/c1-3-13-9-14(13)10-15(16(19)21-2)18-17(20)22-11-12-7-5-4-6-8-12/h4-8,13-15H,3,9-11H2,1-2H3,(H,18,20)/t13-,14+,15+/m1/s1. The smallest absolute Gasteiger partial charge is 0.408 e. The summed E-state index contributed by atoms with van der Waals surface area (Å²) in [6.07, 6.45) is 2.25. The first kappa shape index (κ1) is 16.3. The van der Waals surface area contributed by atoms with Gasteiger partial charge in [0.1, 0.15) is 12.6 Å². The van der Waals surface area contributed by atoms with Gasteiger partial charge >= 0.3 is 12.1 Å². The van der Waals surface area contributed by atoms with Crippen molar-refractivity contribution in [1.29, 1.82) is 0 Å². The molecule has 1 fully saturated rings. The first-order valence-electron chi connectivity index (χ1n) is 7.69. The molecule has 1 aliphatic rings. The van der Waals surface area contributed by atoms with Gasteiger partial charge in [0.15, 0.2) is 0 Å². The lowest BCUT2D eigenvalue weighted by atomic mass is 10.1. The molecule has 0 unspecified atom stereocenters. The van der Waals surface area contributed by atoms with Crippen molar-refractivity contribution in [3.05, 3.63) is 35.9 Å². The molecule has 5 nitrogen and oxygen atoms in total. The fourth-order valence-electron chi connectivity index (χ4n) is 2.67. The molecule has 5 heteroatoms. The van der Waals surface area contributed by atoms with E-state index in [0.29, 0.717) is 18.3 Å². The highest BCUT2D eigenvalue weighted by atomic mass is 16.6. The number of amides is 1. The van der Waals surface area contributed by atoms with Gasteiger partial charge in [0, 0.05) is 0 Å². The van der Waals surface area contributed by atoms with Gasteiger partial charge in [0.2, 0.25) is 0 Å². The maximum absolute atomic E-state index is 11.9. The molecule has 1 aromatic rings. The fraction of sp³-hybridized carbons (Fsp3) is 0.529. The Hall–Kier alpha value is -2.04. The maximum Gasteiger partial charge on any atom is 0.408 e. The number of hydrogen-bond donors (Lipinski definition) is 1. The molecule has 0 bridgehead atoms. The topological polar surface area (TPSA) is 64.6 Å². The summed E-state index contributed by atoms with van der Waals surface area (Å²) >= 11 is 0. The minimum Gasteiger partial charge on any atom is -0.467 e. The highest BCUT2D eigenvalue weighted by molar-refractivity contribution is 5.81. The number of nitrogens with one attached hydrogen (secondary N) is 1. The third-order valence-corrected chi connectivity index (χ3v) is 4.12. The van der Waals surface area contributed by atoms with Crippen LogP contribution in [0.2, 0.25) is 0 Å². The molecule has 1 N–H and O–H groups in total. The molecule has 0 saturated heterocycles. The predicted octanol–water partition coefficient (Wildman–Crippen LogP) is 2.89. The van der Waals surface area contributed by atoms with Crippen LogP contribution in [-0.2, 0) is 20.9 Å². The van der Waals surface area contributed by atoms with Crippen LogP contribution in [0.5, 0.6) is 0 Å². The zero-order valence-corrected chi connectivity index (χ0v) is 13.1. The lowest BCUT2D eigenvalue weighted by molar-refractivity contribution is -0.143. The average molecular weight is 305 g/mol. The highest BCUT2D eigenvalue weighted by Gasteiger charge is 2.39. The van der Waals surface area contributed by atoms with Crippen molar-refractivity contribution in [3.8, 4) is 0 Å². The molecule has 1 aromatic carbocycles. The molecule has 1 amide bonds. The summed E-state index contributed by atoms with van der Waals surface area (Å²) in [5.41, 5.74) is 0.903. The highest BCUT2D eigenvalue weighted by Crippen LogP contribution is 2.44. The first-order valence-corrected chi connectivity index (χ1v) is 7.69. The Morgan fingerprint density at radius 2 is 2.00 bits per heavy atom. The van der Waals surface area contributed by atoms with Crippen LogP contribution in [0, 0.1) is 11.8 Å². The molecule has 0 radical (unpaired) electrons. The number of rotatable bonds is 7. The zero-order valence-electron chi connectivity index (χ0n) is 13.1. The van der Waals surface area contributed by atoms with E-state index in [1.54, 1.807) is 0 Å². The SMILES string of the molecule is CC[C@@H]1C[C@H]1C[C@H](NC(=O)OCc1ccccc1)C(=O)OC. The normalized spacial score (nSPS) is 20.8. The molecule has 1 aliphatic carbocycles. The summed E-state index contributed by atoms with van der Waals surface area (Å²) in [5, 5.41) is 2.62. The summed E-state index contributed by atoms with van der Waals surface area (Å²) in [7, 11) is 1.33. The zero-order chi connectivity index (χ0) is 15.9. The summed E-state index contributed by atoms with van der Waals surface area (Å²) < 4.78 is 9.91. The third kappa shape index (κ3) is 4.76. The molecule has 0 aliphatic heterocycles. The molecule has 22 heavy (non-hydrogen) atoms. The van der Waals surface area contributed by atoms with Crippen molar-refractivity contribution in [2.75, 3.05) is 7.11 Å². The number of benzene rings is 1. The predicted molar refractivity (Wildman–Crippen MR) is 82.1 cm³/mol. The monoisotopic (exact) mass is 305 g/mol. The number of carbonyl (C=O) groups excluding carboxylic acids is 2. The van der Waals surface area contributed by atoms with Crippen molar-refractivity contribution >= 4 is 12.1 Å². The second-order valence-corrected chi connectivity index (χ2v) is 5.68. The number of ether oxygens (including phenoxy) is 2. The van der Waals surface area contributed by atoms with Crippen molar-refractivity contribution in [3.63, 3.8) is 0 Å². The van der Waals surface area contributed by atoms with E-state index in [0.717, 1.165) is 18.4 Å². The van der Waals surface area contributed by atoms with E-state index in [1.165, 1.54) is 7.11 Å². The summed E-state index contributed by atoms with van der Waals surface area (Å²) in [5.74, 6) is 0.733. The van der Waals surface area contributed by atoms with E-state index in [2.05, 4.69) is 12.2 Å². The molecule has 0 aromatic heterocycles. The minimum atomic E-state index is -0.630. The number of alkyl carbamates (subject to hydrolysis) is 1. The van der Waals surface area contributed by atoms with E-state index in [-0.39, 0.29) is 6.61 Å². The van der Waals surface area contributed by atoms with Crippen LogP contribution in [0.25, 0.3) is 0 Å². The largest absolute Gasteiger partial charge is 0.467 e. The van der Waals surface area contributed by atoms with Gasteiger partial charge in [0.05, 0.1) is 7.11 Å². The van der Waals surface area contributed by atoms with Gasteiger partial charge in [-0.2, -0.15) is 0 Å². The van der Waals surface area contributed by atoms with Crippen molar-refractivity contribution in [2.24, 2.45) is 11.8 Å². The number of esters is 1. The second-order valence-electron chi connectivity index (χ2n) is 5.68. The first-order chi connectivity index (χ1) is 10.6. The van der Waals surface area contributed by atoms with Crippen LogP contribution in [0.4, 0.5) is 4.79 Å². The quantitative estimate of drug-likeness (QED) is 0.787. The van der Waals surface area contributed by atoms with Crippen LogP contribution >= 0.6 is 0 Å². The Kier molecular flexibility index (Phi) is 5.81. The molecule has 2 rings (SSSR count). The molecule has 3 atom stereocenters. The Morgan fingerprint density at radius 3 is 2.59 bits per heavy atom. The van der Waals surface area contributed by atoms with Gasteiger partial charge in [0.25, 0.3) is 0 Å². The molecule has 0 heterocycles. The van der Waals surface area contributed by atoms with E-state index < -0.39 is 18.1 Å². The van der Waals surface area contributed by atoms with Gasteiger partial charge in [-0.15, -0.1) is 0 Å². The molecular formula is C17H23NO4. The van der Waals surface area contributed by atoms with E-state index >= 15 is 0 Å². The summed E-state index contributed by atoms with van der Waals surface area (Å²) in [6.45, 7) is 2.32.